The lowest BCUT2D eigenvalue weighted by atomic mass is 10.1. The van der Waals surface area contributed by atoms with Crippen LogP contribution in [0.25, 0.3) is 0 Å². The second-order valence-corrected chi connectivity index (χ2v) is 2.46. The lowest BCUT2D eigenvalue weighted by Gasteiger charge is -2.08. The van der Waals surface area contributed by atoms with Gasteiger partial charge in [-0.25, -0.2) is 4.39 Å². The molecular weight excluding hydrogens is 161 g/mol. The van der Waals surface area contributed by atoms with Gasteiger partial charge in [0.05, 0.1) is 6.10 Å². The van der Waals surface area contributed by atoms with E-state index in [-0.39, 0.29) is 17.9 Å². The second kappa shape index (κ2) is 3.51. The molecule has 0 fully saturated rings. The number of aliphatic hydroxyl groups excluding tert-OH is 1. The Morgan fingerprint density at radius 2 is 2.17 bits per heavy atom. The zero-order valence-electron chi connectivity index (χ0n) is 6.37. The summed E-state index contributed by atoms with van der Waals surface area (Å²) < 4.78 is 12.9. The minimum atomic E-state index is -1.01. The fraction of sp³-hybridized carbons (Fsp3) is 0.250. The quantitative estimate of drug-likeness (QED) is 0.607. The summed E-state index contributed by atoms with van der Waals surface area (Å²) in [6, 6.07) is 3.55. The molecule has 0 radical (unpaired) electrons. The van der Waals surface area contributed by atoms with Gasteiger partial charge >= 0.3 is 0 Å². The van der Waals surface area contributed by atoms with Crippen molar-refractivity contribution < 1.29 is 14.6 Å². The van der Waals surface area contributed by atoms with E-state index in [2.05, 4.69) is 0 Å². The lowest BCUT2D eigenvalue weighted by molar-refractivity contribution is 0.181. The molecular formula is C8H10FNO2. The molecule has 0 saturated heterocycles. The van der Waals surface area contributed by atoms with E-state index in [4.69, 9.17) is 15.9 Å². The highest BCUT2D eigenvalue weighted by atomic mass is 19.1. The summed E-state index contributed by atoms with van der Waals surface area (Å²) in [7, 11) is 0. The first-order valence-electron chi connectivity index (χ1n) is 3.51. The van der Waals surface area contributed by atoms with E-state index in [1.807, 2.05) is 0 Å². The summed E-state index contributed by atoms with van der Waals surface area (Å²) in [5, 5.41) is 18.0. The van der Waals surface area contributed by atoms with E-state index >= 15 is 0 Å². The van der Waals surface area contributed by atoms with Crippen LogP contribution >= 0.6 is 0 Å². The van der Waals surface area contributed by atoms with Gasteiger partial charge in [0.2, 0.25) is 0 Å². The zero-order valence-corrected chi connectivity index (χ0v) is 6.37. The van der Waals surface area contributed by atoms with Crippen LogP contribution in [0.5, 0.6) is 5.75 Å². The third kappa shape index (κ3) is 1.72. The Labute approximate surface area is 69.3 Å². The molecule has 0 aliphatic rings. The fourth-order valence-electron chi connectivity index (χ4n) is 0.913. The molecule has 1 atom stereocenters. The fourth-order valence-corrected chi connectivity index (χ4v) is 0.913. The summed E-state index contributed by atoms with van der Waals surface area (Å²) >= 11 is 0. The molecule has 1 rings (SSSR count). The van der Waals surface area contributed by atoms with Crippen LogP contribution in [0.15, 0.2) is 18.2 Å². The van der Waals surface area contributed by atoms with Crippen LogP contribution < -0.4 is 5.73 Å². The summed E-state index contributed by atoms with van der Waals surface area (Å²) in [4.78, 5) is 0. The number of nitrogens with two attached hydrogens (primary N) is 1. The molecule has 4 heteroatoms. The van der Waals surface area contributed by atoms with Crippen molar-refractivity contribution in [1.82, 2.24) is 0 Å². The smallest absolute Gasteiger partial charge is 0.132 e. The number of hydrogen-bond acceptors (Lipinski definition) is 3. The van der Waals surface area contributed by atoms with E-state index in [9.17, 15) is 4.39 Å². The number of hydrogen-bond donors (Lipinski definition) is 3. The Hall–Kier alpha value is -1.13. The summed E-state index contributed by atoms with van der Waals surface area (Å²) in [6.07, 6.45) is -1.01. The molecule has 1 aromatic carbocycles. The average Bonchev–Trinajstić information content (AvgIpc) is 2.03. The first kappa shape index (κ1) is 8.96. The molecule has 0 spiro atoms. The van der Waals surface area contributed by atoms with Crippen LogP contribution in [-0.2, 0) is 0 Å². The Kier molecular flexibility index (Phi) is 2.62. The summed E-state index contributed by atoms with van der Waals surface area (Å²) in [5.41, 5.74) is 5.24. The largest absolute Gasteiger partial charge is 0.508 e. The zero-order chi connectivity index (χ0) is 9.14. The maximum atomic E-state index is 12.9. The Morgan fingerprint density at radius 3 is 2.67 bits per heavy atom. The molecule has 0 heterocycles. The van der Waals surface area contributed by atoms with Crippen molar-refractivity contribution in [2.45, 2.75) is 6.10 Å². The molecule has 0 aliphatic carbocycles. The van der Waals surface area contributed by atoms with Crippen molar-refractivity contribution in [2.24, 2.45) is 5.73 Å². The average molecular weight is 171 g/mol. The van der Waals surface area contributed by atoms with Gasteiger partial charge in [-0.1, -0.05) is 0 Å². The van der Waals surface area contributed by atoms with Crippen molar-refractivity contribution in [3.05, 3.63) is 29.6 Å². The van der Waals surface area contributed by atoms with Gasteiger partial charge in [-0.05, 0) is 12.1 Å². The number of benzene rings is 1. The standard InChI is InChI=1S/C8H10FNO2/c9-7-3-5(11)1-2-6(7)8(12)4-10/h1-3,8,11-12H,4,10H2/t8-/m1/s1. The van der Waals surface area contributed by atoms with Crippen LogP contribution in [-0.4, -0.2) is 16.8 Å². The van der Waals surface area contributed by atoms with Gasteiger partial charge in [0.15, 0.2) is 0 Å². The second-order valence-electron chi connectivity index (χ2n) is 2.46. The van der Waals surface area contributed by atoms with Crippen molar-refractivity contribution in [1.29, 1.82) is 0 Å². The van der Waals surface area contributed by atoms with Crippen molar-refractivity contribution >= 4 is 0 Å². The highest BCUT2D eigenvalue weighted by Crippen LogP contribution is 2.20. The maximum Gasteiger partial charge on any atom is 0.132 e. The predicted octanol–water partition coefficient (Wildman–Crippen LogP) is 0.523. The molecule has 0 unspecified atom stereocenters. The molecule has 1 aromatic rings. The van der Waals surface area contributed by atoms with Gasteiger partial charge in [-0.2, -0.15) is 0 Å². The summed E-state index contributed by atoms with van der Waals surface area (Å²) in [6.45, 7) is -0.0400. The third-order valence-corrected chi connectivity index (χ3v) is 1.57. The van der Waals surface area contributed by atoms with Crippen LogP contribution in [0.4, 0.5) is 4.39 Å². The highest BCUT2D eigenvalue weighted by Gasteiger charge is 2.10. The van der Waals surface area contributed by atoms with Gasteiger partial charge in [0.1, 0.15) is 11.6 Å². The molecule has 4 N–H and O–H groups in total. The van der Waals surface area contributed by atoms with Crippen LogP contribution in [0.1, 0.15) is 11.7 Å². The Bertz CT molecular complexity index is 278. The maximum absolute atomic E-state index is 12.9. The van der Waals surface area contributed by atoms with Gasteiger partial charge in [-0.3, -0.25) is 0 Å². The number of aromatic hydroxyl groups is 1. The van der Waals surface area contributed by atoms with Crippen molar-refractivity contribution in [3.63, 3.8) is 0 Å². The molecule has 3 nitrogen and oxygen atoms in total. The van der Waals surface area contributed by atoms with E-state index in [1.165, 1.54) is 12.1 Å². The number of aliphatic hydroxyl groups is 1. The molecule has 66 valence electrons. The topological polar surface area (TPSA) is 66.5 Å². The first-order chi connectivity index (χ1) is 5.65. The van der Waals surface area contributed by atoms with E-state index in [1.54, 1.807) is 0 Å². The van der Waals surface area contributed by atoms with Gasteiger partial charge < -0.3 is 15.9 Å². The predicted molar refractivity (Wildman–Crippen MR) is 42.1 cm³/mol. The normalized spacial score (nSPS) is 12.9. The molecule has 0 amide bonds. The number of phenolic OH excluding ortho intramolecular Hbond substituents is 1. The first-order valence-corrected chi connectivity index (χ1v) is 3.51. The molecule has 12 heavy (non-hydrogen) atoms. The Morgan fingerprint density at radius 1 is 1.50 bits per heavy atom. The van der Waals surface area contributed by atoms with Crippen molar-refractivity contribution in [3.8, 4) is 5.75 Å². The van der Waals surface area contributed by atoms with Crippen LogP contribution in [0.2, 0.25) is 0 Å². The number of rotatable bonds is 2. The lowest BCUT2D eigenvalue weighted by Crippen LogP contribution is -2.12. The van der Waals surface area contributed by atoms with E-state index in [0.717, 1.165) is 6.07 Å². The SMILES string of the molecule is NC[C@@H](O)c1ccc(O)cc1F. The van der Waals surface area contributed by atoms with Gasteiger partial charge in [0, 0.05) is 18.2 Å². The minimum absolute atomic E-state index is 0.0400. The third-order valence-electron chi connectivity index (χ3n) is 1.57. The van der Waals surface area contributed by atoms with E-state index < -0.39 is 11.9 Å². The van der Waals surface area contributed by atoms with Crippen LogP contribution in [0.3, 0.4) is 0 Å². The van der Waals surface area contributed by atoms with E-state index in [0.29, 0.717) is 0 Å². The summed E-state index contributed by atoms with van der Waals surface area (Å²) in [5.74, 6) is -0.812. The van der Waals surface area contributed by atoms with Crippen LogP contribution in [0, 0.1) is 5.82 Å². The van der Waals surface area contributed by atoms with Crippen molar-refractivity contribution in [2.75, 3.05) is 6.54 Å². The molecule has 0 bridgehead atoms. The Balaban J connectivity index is 3.01. The molecule has 0 saturated carbocycles. The molecule has 0 aromatic heterocycles. The highest BCUT2D eigenvalue weighted by molar-refractivity contribution is 5.29. The number of phenols is 1. The molecule has 0 aliphatic heterocycles. The van der Waals surface area contributed by atoms with Gasteiger partial charge in [-0.15, -0.1) is 0 Å². The number of halogens is 1. The van der Waals surface area contributed by atoms with Gasteiger partial charge in [0.25, 0.3) is 0 Å². The monoisotopic (exact) mass is 171 g/mol. The minimum Gasteiger partial charge on any atom is -0.508 e.